The number of hydrogen-bond acceptors (Lipinski definition) is 2. The van der Waals surface area contributed by atoms with Crippen molar-refractivity contribution in [2.45, 2.75) is 31.8 Å². The molecule has 0 aromatic heterocycles. The van der Waals surface area contributed by atoms with E-state index >= 15 is 0 Å². The lowest BCUT2D eigenvalue weighted by Gasteiger charge is -2.37. The largest absolute Gasteiger partial charge is 0.494 e. The van der Waals surface area contributed by atoms with E-state index in [4.69, 9.17) is 4.74 Å². The van der Waals surface area contributed by atoms with Crippen molar-refractivity contribution < 1.29 is 14.2 Å². The van der Waals surface area contributed by atoms with Gasteiger partial charge in [0.2, 0.25) is 0 Å². The van der Waals surface area contributed by atoms with Crippen molar-refractivity contribution in [1.82, 2.24) is 0 Å². The molecule has 82 valence electrons. The Hall–Kier alpha value is -1.09. The first-order chi connectivity index (χ1) is 7.15. The Morgan fingerprint density at radius 2 is 2.20 bits per heavy atom. The molecule has 1 fully saturated rings. The Morgan fingerprint density at radius 3 is 2.73 bits per heavy atom. The molecule has 1 aromatic rings. The van der Waals surface area contributed by atoms with Crippen LogP contribution in [-0.2, 0) is 5.60 Å². The molecule has 2 nitrogen and oxygen atoms in total. The summed E-state index contributed by atoms with van der Waals surface area (Å²) in [6.07, 6.45) is 2.23. The Bertz CT molecular complexity index is 359. The monoisotopic (exact) mass is 210 g/mol. The molecule has 0 unspecified atom stereocenters. The molecule has 1 aromatic carbocycles. The van der Waals surface area contributed by atoms with Gasteiger partial charge in [-0.25, -0.2) is 4.39 Å². The summed E-state index contributed by atoms with van der Waals surface area (Å²) in [6, 6.07) is 4.55. The van der Waals surface area contributed by atoms with Crippen molar-refractivity contribution >= 4 is 0 Å². The van der Waals surface area contributed by atoms with Crippen molar-refractivity contribution in [3.05, 3.63) is 29.6 Å². The quantitative estimate of drug-likeness (QED) is 0.830. The van der Waals surface area contributed by atoms with E-state index < -0.39 is 5.60 Å². The van der Waals surface area contributed by atoms with Crippen molar-refractivity contribution in [1.29, 1.82) is 0 Å². The van der Waals surface area contributed by atoms with Crippen LogP contribution < -0.4 is 4.74 Å². The lowest BCUT2D eigenvalue weighted by atomic mass is 9.75. The lowest BCUT2D eigenvalue weighted by Crippen LogP contribution is -2.34. The van der Waals surface area contributed by atoms with E-state index in [1.807, 2.05) is 6.92 Å². The molecule has 0 heterocycles. The fraction of sp³-hybridized carbons (Fsp3) is 0.500. The molecule has 1 N–H and O–H groups in total. The number of rotatable bonds is 3. The Labute approximate surface area is 88.7 Å². The van der Waals surface area contributed by atoms with Crippen LogP contribution in [0, 0.1) is 5.82 Å². The molecule has 0 atom stereocenters. The molecule has 1 saturated carbocycles. The Morgan fingerprint density at radius 1 is 1.47 bits per heavy atom. The van der Waals surface area contributed by atoms with Crippen LogP contribution >= 0.6 is 0 Å². The average Bonchev–Trinajstić information content (AvgIpc) is 2.18. The highest BCUT2D eigenvalue weighted by Crippen LogP contribution is 2.42. The third-order valence-electron chi connectivity index (χ3n) is 2.93. The minimum absolute atomic E-state index is 0.347. The molecule has 0 spiro atoms. The molecule has 1 aliphatic rings. The first kappa shape index (κ1) is 10.4. The molecule has 0 saturated heterocycles. The standard InChI is InChI=1S/C12H15FO2/c1-2-15-9-4-5-11(13)10(8-9)12(14)6-3-7-12/h4-5,8,14H,2-3,6-7H2,1H3. The molecule has 0 amide bonds. The first-order valence-electron chi connectivity index (χ1n) is 5.31. The zero-order valence-electron chi connectivity index (χ0n) is 8.79. The SMILES string of the molecule is CCOc1ccc(F)c(C2(O)CCC2)c1. The van der Waals surface area contributed by atoms with Crippen LogP contribution in [0.15, 0.2) is 18.2 Å². The molecule has 0 aliphatic heterocycles. The van der Waals surface area contributed by atoms with Crippen LogP contribution in [0.25, 0.3) is 0 Å². The second-order valence-corrected chi connectivity index (χ2v) is 3.96. The fourth-order valence-electron chi connectivity index (χ4n) is 1.90. The van der Waals surface area contributed by atoms with E-state index in [0.29, 0.717) is 30.8 Å². The average molecular weight is 210 g/mol. The van der Waals surface area contributed by atoms with E-state index in [1.165, 1.54) is 6.07 Å². The van der Waals surface area contributed by atoms with Crippen LogP contribution in [0.1, 0.15) is 31.7 Å². The summed E-state index contributed by atoms with van der Waals surface area (Å²) in [5.41, 5.74) is -0.586. The highest BCUT2D eigenvalue weighted by molar-refractivity contribution is 5.34. The summed E-state index contributed by atoms with van der Waals surface area (Å²) in [7, 11) is 0. The summed E-state index contributed by atoms with van der Waals surface area (Å²) in [4.78, 5) is 0. The van der Waals surface area contributed by atoms with Crippen LogP contribution in [0.4, 0.5) is 4.39 Å². The van der Waals surface area contributed by atoms with Crippen LogP contribution in [0.5, 0.6) is 5.75 Å². The van der Waals surface area contributed by atoms with E-state index in [-0.39, 0.29) is 5.82 Å². The molecule has 1 aliphatic carbocycles. The minimum atomic E-state index is -0.961. The van der Waals surface area contributed by atoms with Crippen molar-refractivity contribution in [2.75, 3.05) is 6.61 Å². The van der Waals surface area contributed by atoms with Gasteiger partial charge in [0.25, 0.3) is 0 Å². The van der Waals surface area contributed by atoms with Gasteiger partial charge in [-0.1, -0.05) is 0 Å². The van der Waals surface area contributed by atoms with Gasteiger partial charge in [-0.15, -0.1) is 0 Å². The van der Waals surface area contributed by atoms with Crippen molar-refractivity contribution in [3.8, 4) is 5.75 Å². The molecular formula is C12H15FO2. The normalized spacial score (nSPS) is 18.3. The Kier molecular flexibility index (Phi) is 2.65. The topological polar surface area (TPSA) is 29.5 Å². The first-order valence-corrected chi connectivity index (χ1v) is 5.31. The van der Waals surface area contributed by atoms with Gasteiger partial charge in [-0.05, 0) is 44.4 Å². The summed E-state index contributed by atoms with van der Waals surface area (Å²) < 4.78 is 18.8. The maximum absolute atomic E-state index is 13.5. The second-order valence-electron chi connectivity index (χ2n) is 3.96. The van der Waals surface area contributed by atoms with E-state index in [2.05, 4.69) is 0 Å². The number of ether oxygens (including phenoxy) is 1. The summed E-state index contributed by atoms with van der Waals surface area (Å²) in [5, 5.41) is 10.1. The van der Waals surface area contributed by atoms with Gasteiger partial charge in [0.05, 0.1) is 12.2 Å². The van der Waals surface area contributed by atoms with Gasteiger partial charge in [0, 0.05) is 5.56 Å². The molecular weight excluding hydrogens is 195 g/mol. The second kappa shape index (κ2) is 3.81. The van der Waals surface area contributed by atoms with Gasteiger partial charge in [0.1, 0.15) is 11.6 Å². The lowest BCUT2D eigenvalue weighted by molar-refractivity contribution is -0.0418. The number of aliphatic hydroxyl groups is 1. The van der Waals surface area contributed by atoms with E-state index in [1.54, 1.807) is 12.1 Å². The van der Waals surface area contributed by atoms with Crippen LogP contribution in [0.2, 0.25) is 0 Å². The van der Waals surface area contributed by atoms with E-state index in [9.17, 15) is 9.50 Å². The molecule has 0 bridgehead atoms. The van der Waals surface area contributed by atoms with Crippen molar-refractivity contribution in [3.63, 3.8) is 0 Å². The maximum atomic E-state index is 13.5. The zero-order chi connectivity index (χ0) is 10.9. The number of halogens is 1. The van der Waals surface area contributed by atoms with Gasteiger partial charge >= 0.3 is 0 Å². The summed E-state index contributed by atoms with van der Waals surface area (Å²) in [6.45, 7) is 2.42. The predicted octanol–water partition coefficient (Wildman–Crippen LogP) is 2.60. The van der Waals surface area contributed by atoms with Gasteiger partial charge in [-0.3, -0.25) is 0 Å². The fourth-order valence-corrected chi connectivity index (χ4v) is 1.90. The minimum Gasteiger partial charge on any atom is -0.494 e. The third-order valence-corrected chi connectivity index (χ3v) is 2.93. The van der Waals surface area contributed by atoms with Crippen LogP contribution in [0.3, 0.4) is 0 Å². The molecule has 15 heavy (non-hydrogen) atoms. The van der Waals surface area contributed by atoms with Gasteiger partial charge in [-0.2, -0.15) is 0 Å². The summed E-state index contributed by atoms with van der Waals surface area (Å²) >= 11 is 0. The van der Waals surface area contributed by atoms with Crippen molar-refractivity contribution in [2.24, 2.45) is 0 Å². The molecule has 0 radical (unpaired) electrons. The third kappa shape index (κ3) is 1.84. The molecule has 2 rings (SSSR count). The number of benzene rings is 1. The van der Waals surface area contributed by atoms with Crippen LogP contribution in [-0.4, -0.2) is 11.7 Å². The summed E-state index contributed by atoms with van der Waals surface area (Å²) in [5.74, 6) is 0.273. The van der Waals surface area contributed by atoms with E-state index in [0.717, 1.165) is 6.42 Å². The highest BCUT2D eigenvalue weighted by atomic mass is 19.1. The Balaban J connectivity index is 2.32. The van der Waals surface area contributed by atoms with Gasteiger partial charge < -0.3 is 9.84 Å². The zero-order valence-corrected chi connectivity index (χ0v) is 8.79. The smallest absolute Gasteiger partial charge is 0.129 e. The molecule has 3 heteroatoms. The number of hydrogen-bond donors (Lipinski definition) is 1. The maximum Gasteiger partial charge on any atom is 0.129 e. The highest BCUT2D eigenvalue weighted by Gasteiger charge is 2.38. The van der Waals surface area contributed by atoms with Gasteiger partial charge in [0.15, 0.2) is 0 Å². The predicted molar refractivity (Wildman–Crippen MR) is 55.3 cm³/mol.